The lowest BCUT2D eigenvalue weighted by atomic mass is 10.2. The van der Waals surface area contributed by atoms with E-state index in [1.54, 1.807) is 13.1 Å². The zero-order valence-electron chi connectivity index (χ0n) is 12.7. The van der Waals surface area contributed by atoms with Crippen molar-refractivity contribution in [3.8, 4) is 0 Å². The van der Waals surface area contributed by atoms with Crippen molar-refractivity contribution >= 4 is 26.0 Å². The Balaban J connectivity index is 2.15. The van der Waals surface area contributed by atoms with Crippen LogP contribution in [-0.4, -0.2) is 32.4 Å². The quantitative estimate of drug-likeness (QED) is 0.706. The molecule has 1 atom stereocenters. The maximum atomic E-state index is 12.7. The first-order valence-electron chi connectivity index (χ1n) is 7.34. The molecule has 0 saturated heterocycles. The van der Waals surface area contributed by atoms with Gasteiger partial charge in [-0.05, 0) is 54.6 Å². The molecule has 1 aromatic rings. The minimum atomic E-state index is -3.52. The van der Waals surface area contributed by atoms with Crippen molar-refractivity contribution in [1.82, 2.24) is 9.62 Å². The molecule has 5 nitrogen and oxygen atoms in total. The average molecular weight is 379 g/mol. The van der Waals surface area contributed by atoms with Crippen molar-refractivity contribution in [2.45, 2.75) is 50.6 Å². The molecule has 120 valence electrons. The molecule has 1 unspecified atom stereocenters. The molecule has 1 aliphatic carbocycles. The molecule has 2 rings (SSSR count). The zero-order chi connectivity index (χ0) is 15.6. The first-order chi connectivity index (χ1) is 9.87. The van der Waals surface area contributed by atoms with Gasteiger partial charge in [0.05, 0.1) is 6.54 Å². The number of rotatable bonds is 8. The largest absolute Gasteiger partial charge is 0.452 e. The first kappa shape index (κ1) is 17.0. The van der Waals surface area contributed by atoms with E-state index in [0.29, 0.717) is 18.2 Å². The summed E-state index contributed by atoms with van der Waals surface area (Å²) in [5.74, 6) is 1.11. The van der Waals surface area contributed by atoms with E-state index in [2.05, 4.69) is 28.2 Å². The van der Waals surface area contributed by atoms with Gasteiger partial charge >= 0.3 is 0 Å². The van der Waals surface area contributed by atoms with Crippen molar-refractivity contribution in [3.05, 3.63) is 16.5 Å². The topological polar surface area (TPSA) is 62.6 Å². The van der Waals surface area contributed by atoms with E-state index in [0.717, 1.165) is 25.8 Å². The first-order valence-corrected chi connectivity index (χ1v) is 9.58. The van der Waals surface area contributed by atoms with E-state index < -0.39 is 10.0 Å². The summed E-state index contributed by atoms with van der Waals surface area (Å²) in [7, 11) is -1.87. The van der Waals surface area contributed by atoms with Crippen LogP contribution < -0.4 is 5.32 Å². The van der Waals surface area contributed by atoms with Gasteiger partial charge in [0, 0.05) is 19.2 Å². The Bertz CT molecular complexity index is 581. The number of nitrogens with zero attached hydrogens (tertiary/aromatic N) is 1. The predicted molar refractivity (Wildman–Crippen MR) is 85.5 cm³/mol. The number of hydrogen-bond acceptors (Lipinski definition) is 4. The maximum Gasteiger partial charge on any atom is 0.247 e. The molecule has 1 saturated carbocycles. The van der Waals surface area contributed by atoms with Crippen molar-refractivity contribution < 1.29 is 12.8 Å². The van der Waals surface area contributed by atoms with Gasteiger partial charge in [-0.15, -0.1) is 0 Å². The zero-order valence-corrected chi connectivity index (χ0v) is 15.1. The molecule has 21 heavy (non-hydrogen) atoms. The van der Waals surface area contributed by atoms with E-state index in [1.807, 2.05) is 6.92 Å². The second kappa shape index (κ2) is 6.81. The van der Waals surface area contributed by atoms with Crippen LogP contribution in [0.2, 0.25) is 0 Å². The summed E-state index contributed by atoms with van der Waals surface area (Å²) < 4.78 is 32.6. The Morgan fingerprint density at radius 1 is 1.52 bits per heavy atom. The molecule has 1 aliphatic rings. The summed E-state index contributed by atoms with van der Waals surface area (Å²) in [5.41, 5.74) is 0. The summed E-state index contributed by atoms with van der Waals surface area (Å²) in [5, 5.41) is 3.20. The average Bonchev–Trinajstić information content (AvgIpc) is 3.21. The van der Waals surface area contributed by atoms with Crippen LogP contribution in [0.4, 0.5) is 0 Å². The highest BCUT2D eigenvalue weighted by Gasteiger charge is 2.37. The van der Waals surface area contributed by atoms with Gasteiger partial charge in [0.1, 0.15) is 10.7 Å². The monoisotopic (exact) mass is 378 g/mol. The molecule has 0 radical (unpaired) electrons. The van der Waals surface area contributed by atoms with Crippen molar-refractivity contribution in [2.24, 2.45) is 5.92 Å². The second-order valence-corrected chi connectivity index (χ2v) is 8.31. The minimum absolute atomic E-state index is 0.0264. The summed E-state index contributed by atoms with van der Waals surface area (Å²) in [6, 6.07) is 1.64. The van der Waals surface area contributed by atoms with Gasteiger partial charge in [-0.25, -0.2) is 8.42 Å². The van der Waals surface area contributed by atoms with Gasteiger partial charge in [-0.2, -0.15) is 4.31 Å². The highest BCUT2D eigenvalue weighted by molar-refractivity contribution is 9.10. The van der Waals surface area contributed by atoms with E-state index in [9.17, 15) is 8.42 Å². The summed E-state index contributed by atoms with van der Waals surface area (Å²) in [6.45, 7) is 5.45. The normalized spacial score (nSPS) is 17.4. The number of sulfonamides is 1. The van der Waals surface area contributed by atoms with Crippen LogP contribution in [0.3, 0.4) is 0 Å². The van der Waals surface area contributed by atoms with Crippen LogP contribution in [0.15, 0.2) is 20.0 Å². The number of nitrogens with one attached hydrogen (secondary N) is 1. The molecular weight excluding hydrogens is 356 g/mol. The lowest BCUT2D eigenvalue weighted by Crippen LogP contribution is -2.36. The van der Waals surface area contributed by atoms with Gasteiger partial charge in [-0.1, -0.05) is 6.92 Å². The Kier molecular flexibility index (Phi) is 5.51. The SMILES string of the molecule is CCCNCc1cc(S(=O)(=O)N(C)C(C)C2CC2)c(Br)o1. The fraction of sp³-hybridized carbons (Fsp3) is 0.714. The van der Waals surface area contributed by atoms with Gasteiger partial charge < -0.3 is 9.73 Å². The van der Waals surface area contributed by atoms with Crippen LogP contribution in [0.5, 0.6) is 0 Å². The third-order valence-corrected chi connectivity index (χ3v) is 6.77. The minimum Gasteiger partial charge on any atom is -0.452 e. The van der Waals surface area contributed by atoms with Crippen LogP contribution in [-0.2, 0) is 16.6 Å². The molecule has 1 aromatic heterocycles. The fourth-order valence-electron chi connectivity index (χ4n) is 2.30. The Hall–Kier alpha value is -0.370. The molecule has 1 N–H and O–H groups in total. The predicted octanol–water partition coefficient (Wildman–Crippen LogP) is 2.96. The standard InChI is InChI=1S/C14H23BrN2O3S/c1-4-7-16-9-12-8-13(14(15)20-12)21(18,19)17(3)10(2)11-5-6-11/h8,10-11,16H,4-7,9H2,1-3H3. The summed E-state index contributed by atoms with van der Waals surface area (Å²) in [4.78, 5) is 0.214. The van der Waals surface area contributed by atoms with Gasteiger partial charge in [0.15, 0.2) is 4.67 Å². The van der Waals surface area contributed by atoms with Crippen LogP contribution in [0.25, 0.3) is 0 Å². The molecule has 0 aliphatic heterocycles. The highest BCUT2D eigenvalue weighted by Crippen LogP contribution is 2.37. The lowest BCUT2D eigenvalue weighted by molar-refractivity contribution is 0.356. The lowest BCUT2D eigenvalue weighted by Gasteiger charge is -2.23. The second-order valence-electron chi connectivity index (χ2n) is 5.63. The molecule has 0 spiro atoms. The van der Waals surface area contributed by atoms with E-state index in [4.69, 9.17) is 4.42 Å². The Labute approximate surface area is 135 Å². The van der Waals surface area contributed by atoms with Gasteiger partial charge in [0.25, 0.3) is 0 Å². The van der Waals surface area contributed by atoms with Crippen molar-refractivity contribution in [2.75, 3.05) is 13.6 Å². The smallest absolute Gasteiger partial charge is 0.247 e. The van der Waals surface area contributed by atoms with Gasteiger partial charge in [-0.3, -0.25) is 0 Å². The van der Waals surface area contributed by atoms with Crippen molar-refractivity contribution in [1.29, 1.82) is 0 Å². The van der Waals surface area contributed by atoms with Crippen LogP contribution in [0, 0.1) is 5.92 Å². The maximum absolute atomic E-state index is 12.7. The molecule has 1 heterocycles. The van der Waals surface area contributed by atoms with Crippen LogP contribution >= 0.6 is 15.9 Å². The van der Waals surface area contributed by atoms with Gasteiger partial charge in [0.2, 0.25) is 10.0 Å². The molecule has 0 bridgehead atoms. The summed E-state index contributed by atoms with van der Waals surface area (Å²) in [6.07, 6.45) is 3.24. The van der Waals surface area contributed by atoms with Crippen LogP contribution in [0.1, 0.15) is 38.9 Å². The molecule has 1 fully saturated rings. The summed E-state index contributed by atoms with van der Waals surface area (Å²) >= 11 is 3.23. The molecule has 7 heteroatoms. The fourth-order valence-corrected chi connectivity index (χ4v) is 4.68. The third kappa shape index (κ3) is 3.88. The number of halogens is 1. The van der Waals surface area contributed by atoms with E-state index in [-0.39, 0.29) is 15.6 Å². The van der Waals surface area contributed by atoms with E-state index >= 15 is 0 Å². The third-order valence-electron chi connectivity index (χ3n) is 3.97. The van der Waals surface area contributed by atoms with Crippen molar-refractivity contribution in [3.63, 3.8) is 0 Å². The Morgan fingerprint density at radius 2 is 2.19 bits per heavy atom. The molecule has 0 aromatic carbocycles. The number of furan rings is 1. The Morgan fingerprint density at radius 3 is 2.76 bits per heavy atom. The molecular formula is C14H23BrN2O3S. The molecule has 0 amide bonds. The highest BCUT2D eigenvalue weighted by atomic mass is 79.9. The number of hydrogen-bond donors (Lipinski definition) is 1. The van der Waals surface area contributed by atoms with E-state index in [1.165, 1.54) is 4.31 Å².